The first-order valence-electron chi connectivity index (χ1n) is 7.88. The molecule has 5 heteroatoms. The summed E-state index contributed by atoms with van der Waals surface area (Å²) in [5.41, 5.74) is 1.47. The summed E-state index contributed by atoms with van der Waals surface area (Å²) >= 11 is 0. The highest BCUT2D eigenvalue weighted by Gasteiger charge is 2.30. The molecule has 25 heavy (non-hydrogen) atoms. The van der Waals surface area contributed by atoms with E-state index in [4.69, 9.17) is 4.52 Å². The molecular weight excluding hydrogens is 331 g/mol. The summed E-state index contributed by atoms with van der Waals surface area (Å²) in [5.74, 6) is 0.245. The molecule has 1 heterocycles. The third-order valence-electron chi connectivity index (χ3n) is 3.84. The van der Waals surface area contributed by atoms with Gasteiger partial charge < -0.3 is 4.52 Å². The summed E-state index contributed by atoms with van der Waals surface area (Å²) in [4.78, 5) is 8.80. The number of hydrogen-bond acceptors (Lipinski definition) is 4. The molecule has 0 unspecified atom stereocenters. The molecule has 0 bridgehead atoms. The van der Waals surface area contributed by atoms with Crippen LogP contribution in [0.2, 0.25) is 0 Å². The fourth-order valence-corrected chi connectivity index (χ4v) is 4.61. The zero-order chi connectivity index (χ0) is 17.1. The van der Waals surface area contributed by atoms with Gasteiger partial charge in [0.15, 0.2) is 0 Å². The van der Waals surface area contributed by atoms with Gasteiger partial charge in [-0.2, -0.15) is 0 Å². The van der Waals surface area contributed by atoms with Crippen LogP contribution in [0.5, 0.6) is 5.88 Å². The zero-order valence-corrected chi connectivity index (χ0v) is 14.2. The van der Waals surface area contributed by atoms with Gasteiger partial charge >= 0.3 is 7.37 Å². The van der Waals surface area contributed by atoms with Crippen LogP contribution in [0.1, 0.15) is 0 Å². The molecule has 0 saturated heterocycles. The van der Waals surface area contributed by atoms with Crippen molar-refractivity contribution in [2.45, 2.75) is 0 Å². The minimum Gasteiger partial charge on any atom is -0.417 e. The maximum Gasteiger partial charge on any atom is 0.308 e. The van der Waals surface area contributed by atoms with Gasteiger partial charge in [-0.15, -0.1) is 0 Å². The highest BCUT2D eigenvalue weighted by molar-refractivity contribution is 7.74. The molecule has 0 atom stereocenters. The standard InChI is InChI=1S/C20H15N2O2P/c23-25(16-9-3-1-4-10-16,17-11-5-2-6-12-17)24-20-15-21-18-13-7-8-14-19(18)22-20/h1-15H. The number of fused-ring (bicyclic) bond motifs is 1. The van der Waals surface area contributed by atoms with E-state index < -0.39 is 7.37 Å². The zero-order valence-electron chi connectivity index (χ0n) is 13.3. The lowest BCUT2D eigenvalue weighted by Crippen LogP contribution is -2.20. The van der Waals surface area contributed by atoms with Crippen LogP contribution in [0.3, 0.4) is 0 Å². The maximum absolute atomic E-state index is 13.8. The van der Waals surface area contributed by atoms with Crippen molar-refractivity contribution < 1.29 is 9.09 Å². The van der Waals surface area contributed by atoms with Gasteiger partial charge in [0.1, 0.15) is 0 Å². The Bertz CT molecular complexity index is 1010. The van der Waals surface area contributed by atoms with Crippen molar-refractivity contribution >= 4 is 29.0 Å². The summed E-state index contributed by atoms with van der Waals surface area (Å²) in [7, 11) is -3.33. The predicted octanol–water partition coefficient (Wildman–Crippen LogP) is 3.94. The van der Waals surface area contributed by atoms with E-state index in [2.05, 4.69) is 9.97 Å². The van der Waals surface area contributed by atoms with Crippen LogP contribution < -0.4 is 15.1 Å². The molecule has 1 aromatic heterocycles. The molecule has 0 amide bonds. The second kappa shape index (κ2) is 6.50. The lowest BCUT2D eigenvalue weighted by molar-refractivity contribution is 0.492. The van der Waals surface area contributed by atoms with E-state index in [1.165, 1.54) is 6.20 Å². The van der Waals surface area contributed by atoms with E-state index in [9.17, 15) is 4.57 Å². The minimum atomic E-state index is -3.33. The van der Waals surface area contributed by atoms with Crippen LogP contribution in [0.15, 0.2) is 91.1 Å². The van der Waals surface area contributed by atoms with Crippen LogP contribution >= 0.6 is 7.37 Å². The lowest BCUT2D eigenvalue weighted by atomic mass is 10.3. The van der Waals surface area contributed by atoms with Crippen LogP contribution in [0.25, 0.3) is 11.0 Å². The van der Waals surface area contributed by atoms with E-state index in [-0.39, 0.29) is 5.88 Å². The molecule has 0 radical (unpaired) electrons. The van der Waals surface area contributed by atoms with Gasteiger partial charge in [0, 0.05) is 0 Å². The number of para-hydroxylation sites is 2. The van der Waals surface area contributed by atoms with Gasteiger partial charge in [0.25, 0.3) is 0 Å². The Labute approximate surface area is 145 Å². The first-order valence-corrected chi connectivity index (χ1v) is 9.51. The maximum atomic E-state index is 13.8. The fraction of sp³-hybridized carbons (Fsp3) is 0. The second-order valence-electron chi connectivity index (χ2n) is 5.51. The SMILES string of the molecule is O=P(Oc1cnc2ccccc2n1)(c1ccccc1)c1ccccc1. The number of nitrogens with zero attached hydrogens (tertiary/aromatic N) is 2. The highest BCUT2D eigenvalue weighted by atomic mass is 31.2. The summed E-state index contributed by atoms with van der Waals surface area (Å²) in [5, 5.41) is 1.24. The smallest absolute Gasteiger partial charge is 0.308 e. The Balaban J connectivity index is 1.82. The summed E-state index contributed by atoms with van der Waals surface area (Å²) < 4.78 is 19.8. The molecule has 3 aromatic carbocycles. The van der Waals surface area contributed by atoms with Crippen LogP contribution in [-0.4, -0.2) is 9.97 Å². The molecule has 4 rings (SSSR count). The summed E-state index contributed by atoms with van der Waals surface area (Å²) in [6.45, 7) is 0. The molecule has 0 aliphatic rings. The Hall–Kier alpha value is -2.97. The quantitative estimate of drug-likeness (QED) is 0.525. The molecule has 0 saturated carbocycles. The van der Waals surface area contributed by atoms with E-state index in [1.807, 2.05) is 84.9 Å². The van der Waals surface area contributed by atoms with E-state index >= 15 is 0 Å². The van der Waals surface area contributed by atoms with Gasteiger partial charge in [0.2, 0.25) is 5.88 Å². The highest BCUT2D eigenvalue weighted by Crippen LogP contribution is 2.44. The van der Waals surface area contributed by atoms with Gasteiger partial charge in [0.05, 0.1) is 27.8 Å². The average Bonchev–Trinajstić information content (AvgIpc) is 2.69. The van der Waals surface area contributed by atoms with E-state index in [0.717, 1.165) is 5.52 Å². The van der Waals surface area contributed by atoms with Gasteiger partial charge in [-0.1, -0.05) is 48.5 Å². The Morgan fingerprint density at radius 3 is 1.80 bits per heavy atom. The molecule has 0 spiro atoms. The van der Waals surface area contributed by atoms with E-state index in [1.54, 1.807) is 0 Å². The van der Waals surface area contributed by atoms with Gasteiger partial charge in [-0.25, -0.2) is 9.97 Å². The molecule has 122 valence electrons. The van der Waals surface area contributed by atoms with Crippen LogP contribution in [-0.2, 0) is 4.57 Å². The summed E-state index contributed by atoms with van der Waals surface area (Å²) in [6.07, 6.45) is 1.51. The lowest BCUT2D eigenvalue weighted by Gasteiger charge is -2.19. The second-order valence-corrected chi connectivity index (χ2v) is 7.83. The Morgan fingerprint density at radius 2 is 1.20 bits per heavy atom. The topological polar surface area (TPSA) is 52.1 Å². The molecular formula is C20H15N2O2P. The number of aromatic nitrogens is 2. The number of benzene rings is 3. The summed E-state index contributed by atoms with van der Waals surface area (Å²) in [6, 6.07) is 25.9. The average molecular weight is 346 g/mol. The molecule has 4 aromatic rings. The van der Waals surface area contributed by atoms with Crippen molar-refractivity contribution in [3.63, 3.8) is 0 Å². The molecule has 0 fully saturated rings. The third-order valence-corrected chi connectivity index (χ3v) is 6.24. The molecule has 0 aliphatic carbocycles. The van der Waals surface area contributed by atoms with E-state index in [0.29, 0.717) is 16.1 Å². The van der Waals surface area contributed by atoms with Crippen molar-refractivity contribution in [3.8, 4) is 5.88 Å². The van der Waals surface area contributed by atoms with Crippen molar-refractivity contribution in [3.05, 3.63) is 91.1 Å². The minimum absolute atomic E-state index is 0.245. The molecule has 4 nitrogen and oxygen atoms in total. The monoisotopic (exact) mass is 346 g/mol. The van der Waals surface area contributed by atoms with Crippen molar-refractivity contribution in [2.75, 3.05) is 0 Å². The van der Waals surface area contributed by atoms with Crippen LogP contribution in [0, 0.1) is 0 Å². The normalized spacial score (nSPS) is 11.4. The third kappa shape index (κ3) is 3.04. The van der Waals surface area contributed by atoms with Crippen molar-refractivity contribution in [1.82, 2.24) is 9.97 Å². The predicted molar refractivity (Wildman–Crippen MR) is 99.9 cm³/mol. The molecule has 0 N–H and O–H groups in total. The first kappa shape index (κ1) is 15.6. The fourth-order valence-electron chi connectivity index (χ4n) is 2.62. The van der Waals surface area contributed by atoms with Gasteiger partial charge in [-0.05, 0) is 36.4 Å². The number of hydrogen-bond donors (Lipinski definition) is 0. The first-order chi connectivity index (χ1) is 12.3. The van der Waals surface area contributed by atoms with Gasteiger partial charge in [-0.3, -0.25) is 4.57 Å². The van der Waals surface area contributed by atoms with Crippen LogP contribution in [0.4, 0.5) is 0 Å². The number of rotatable bonds is 4. The Morgan fingerprint density at radius 1 is 0.680 bits per heavy atom. The Kier molecular flexibility index (Phi) is 4.04. The molecule has 0 aliphatic heterocycles. The largest absolute Gasteiger partial charge is 0.417 e. The van der Waals surface area contributed by atoms with Crippen molar-refractivity contribution in [2.24, 2.45) is 0 Å². The van der Waals surface area contributed by atoms with Crippen molar-refractivity contribution in [1.29, 1.82) is 0 Å².